The molecule has 3 nitrogen and oxygen atoms in total. The van der Waals surface area contributed by atoms with Crippen LogP contribution < -0.4 is 4.90 Å². The molecule has 1 saturated heterocycles. The molecule has 4 rings (SSSR count). The second-order valence-electron chi connectivity index (χ2n) is 6.17. The normalized spacial score (nSPS) is 19.2. The van der Waals surface area contributed by atoms with Gasteiger partial charge < -0.3 is 9.80 Å². The summed E-state index contributed by atoms with van der Waals surface area (Å²) >= 11 is 12.3. The molecule has 1 atom stereocenters. The maximum atomic E-state index is 13.7. The van der Waals surface area contributed by atoms with Crippen molar-refractivity contribution in [2.24, 2.45) is 0 Å². The molecule has 0 N–H and O–H groups in total. The van der Waals surface area contributed by atoms with Gasteiger partial charge in [-0.2, -0.15) is 0 Å². The highest BCUT2D eigenvalue weighted by atomic mass is 35.5. The Morgan fingerprint density at radius 2 is 1.92 bits per heavy atom. The molecule has 2 aromatic carbocycles. The third-order valence-electron chi connectivity index (χ3n) is 4.76. The van der Waals surface area contributed by atoms with Crippen molar-refractivity contribution < 1.29 is 9.18 Å². The Labute approximate surface area is 161 Å². The Kier molecular flexibility index (Phi) is 5.14. The van der Waals surface area contributed by atoms with Crippen molar-refractivity contribution in [3.8, 4) is 0 Å². The number of halogens is 4. The third-order valence-corrected chi connectivity index (χ3v) is 5.29. The number of rotatable bonds is 1. The number of carbonyl (C=O) groups is 1. The molecule has 1 amide bonds. The lowest BCUT2D eigenvalue weighted by molar-refractivity contribution is -0.134. The van der Waals surface area contributed by atoms with Crippen molar-refractivity contribution in [1.29, 1.82) is 0 Å². The van der Waals surface area contributed by atoms with Gasteiger partial charge in [-0.05, 0) is 47.9 Å². The van der Waals surface area contributed by atoms with Crippen LogP contribution in [-0.2, 0) is 11.2 Å². The number of hydrogen-bond donors (Lipinski definition) is 0. The van der Waals surface area contributed by atoms with Gasteiger partial charge in [0.25, 0.3) is 0 Å². The lowest BCUT2D eigenvalue weighted by Crippen LogP contribution is -2.54. The molecular weight excluding hydrogens is 386 g/mol. The average Bonchev–Trinajstić information content (AvgIpc) is 2.54. The summed E-state index contributed by atoms with van der Waals surface area (Å²) < 4.78 is 13.7. The van der Waals surface area contributed by atoms with Crippen molar-refractivity contribution in [3.63, 3.8) is 0 Å². The molecule has 2 aliphatic rings. The zero-order chi connectivity index (χ0) is 16.8. The molecule has 0 bridgehead atoms. The van der Waals surface area contributed by atoms with Gasteiger partial charge in [0, 0.05) is 18.1 Å². The highest BCUT2D eigenvalue weighted by Crippen LogP contribution is 2.37. The van der Waals surface area contributed by atoms with Crippen molar-refractivity contribution in [1.82, 2.24) is 4.90 Å². The van der Waals surface area contributed by atoms with Gasteiger partial charge in [-0.15, -0.1) is 12.4 Å². The van der Waals surface area contributed by atoms with Crippen LogP contribution in [0.4, 0.5) is 10.1 Å². The van der Waals surface area contributed by atoms with E-state index in [1.165, 1.54) is 6.07 Å². The molecule has 0 aliphatic carbocycles. The Hall–Kier alpha value is -1.49. The summed E-state index contributed by atoms with van der Waals surface area (Å²) in [5.41, 5.74) is 2.77. The van der Waals surface area contributed by atoms with Gasteiger partial charge in [-0.1, -0.05) is 29.3 Å². The minimum Gasteiger partial charge on any atom is -0.359 e. The maximum absolute atomic E-state index is 13.7. The van der Waals surface area contributed by atoms with Crippen molar-refractivity contribution in [3.05, 3.63) is 63.4 Å². The molecule has 2 aliphatic heterocycles. The fourth-order valence-electron chi connectivity index (χ4n) is 3.61. The molecule has 2 aromatic rings. The number of fused-ring (bicyclic) bond motifs is 3. The van der Waals surface area contributed by atoms with Gasteiger partial charge in [0.2, 0.25) is 5.91 Å². The van der Waals surface area contributed by atoms with Crippen LogP contribution in [0.1, 0.15) is 17.2 Å². The van der Waals surface area contributed by atoms with Crippen LogP contribution >= 0.6 is 35.6 Å². The summed E-state index contributed by atoms with van der Waals surface area (Å²) in [6, 6.07) is 9.94. The van der Waals surface area contributed by atoms with E-state index in [1.54, 1.807) is 18.2 Å². The van der Waals surface area contributed by atoms with Crippen molar-refractivity contribution >= 4 is 47.2 Å². The minimum atomic E-state index is -0.273. The zero-order valence-electron chi connectivity index (χ0n) is 13.2. The van der Waals surface area contributed by atoms with E-state index < -0.39 is 0 Å². The standard InChI is InChI=1S/C18H15Cl2FN2O.ClH/c19-12-2-4-16(15(20)7-12)22-9-17-14-8-13(21)3-1-11(14)5-6-23(17)18(24)10-22;/h1-4,7-8,17H,5-6,9-10H2;1H. The van der Waals surface area contributed by atoms with E-state index in [0.29, 0.717) is 23.1 Å². The SMILES string of the molecule is Cl.O=C1CN(c2ccc(Cl)cc2Cl)CC2c3cc(F)ccc3CCN12. The van der Waals surface area contributed by atoms with Crippen molar-refractivity contribution in [2.75, 3.05) is 24.5 Å². The lowest BCUT2D eigenvalue weighted by Gasteiger charge is -2.45. The first-order valence-corrected chi connectivity index (χ1v) is 8.56. The Morgan fingerprint density at radius 3 is 2.68 bits per heavy atom. The summed E-state index contributed by atoms with van der Waals surface area (Å²) in [7, 11) is 0. The second kappa shape index (κ2) is 7.02. The van der Waals surface area contributed by atoms with E-state index in [-0.39, 0.29) is 36.7 Å². The van der Waals surface area contributed by atoms with Crippen LogP contribution in [0.25, 0.3) is 0 Å². The summed E-state index contributed by atoms with van der Waals surface area (Å²) in [6.45, 7) is 1.52. The van der Waals surface area contributed by atoms with E-state index in [2.05, 4.69) is 0 Å². The number of piperazine rings is 1. The van der Waals surface area contributed by atoms with Crippen LogP contribution in [0.3, 0.4) is 0 Å². The first-order valence-electron chi connectivity index (χ1n) is 7.81. The smallest absolute Gasteiger partial charge is 0.242 e. The van der Waals surface area contributed by atoms with Gasteiger partial charge >= 0.3 is 0 Å². The highest BCUT2D eigenvalue weighted by Gasteiger charge is 2.37. The van der Waals surface area contributed by atoms with Crippen molar-refractivity contribution in [2.45, 2.75) is 12.5 Å². The Balaban J connectivity index is 0.00000182. The zero-order valence-corrected chi connectivity index (χ0v) is 15.5. The average molecular weight is 402 g/mol. The number of hydrogen-bond acceptors (Lipinski definition) is 2. The monoisotopic (exact) mass is 400 g/mol. The van der Waals surface area contributed by atoms with Crippen LogP contribution in [0.2, 0.25) is 10.0 Å². The quantitative estimate of drug-likeness (QED) is 0.702. The molecule has 25 heavy (non-hydrogen) atoms. The van der Waals surface area contributed by atoms with Crippen LogP contribution in [0.15, 0.2) is 36.4 Å². The number of benzene rings is 2. The summed E-state index contributed by atoms with van der Waals surface area (Å²) in [6.07, 6.45) is 0.763. The first-order chi connectivity index (χ1) is 11.5. The van der Waals surface area contributed by atoms with Gasteiger partial charge in [0.15, 0.2) is 0 Å². The van der Waals surface area contributed by atoms with E-state index >= 15 is 0 Å². The second-order valence-corrected chi connectivity index (χ2v) is 7.02. The molecule has 0 spiro atoms. The third kappa shape index (κ3) is 3.31. The number of amides is 1. The van der Waals surface area contributed by atoms with E-state index in [0.717, 1.165) is 23.2 Å². The molecule has 0 saturated carbocycles. The topological polar surface area (TPSA) is 23.6 Å². The highest BCUT2D eigenvalue weighted by molar-refractivity contribution is 6.36. The predicted octanol–water partition coefficient (Wildman–Crippen LogP) is 4.50. The Morgan fingerprint density at radius 1 is 1.12 bits per heavy atom. The largest absolute Gasteiger partial charge is 0.359 e. The summed E-state index contributed by atoms with van der Waals surface area (Å²) in [5.74, 6) is -0.239. The summed E-state index contributed by atoms with van der Waals surface area (Å²) in [4.78, 5) is 16.4. The summed E-state index contributed by atoms with van der Waals surface area (Å²) in [5, 5.41) is 1.07. The first kappa shape index (κ1) is 18.3. The number of carbonyl (C=O) groups excluding carboxylic acids is 1. The van der Waals surface area contributed by atoms with E-state index in [9.17, 15) is 9.18 Å². The van der Waals surface area contributed by atoms with Gasteiger partial charge in [-0.3, -0.25) is 4.79 Å². The molecule has 2 heterocycles. The number of anilines is 1. The number of nitrogens with zero attached hydrogens (tertiary/aromatic N) is 2. The fourth-order valence-corrected chi connectivity index (χ4v) is 4.14. The lowest BCUT2D eigenvalue weighted by atomic mass is 9.90. The molecular formula is C18H16Cl3FN2O. The fraction of sp³-hybridized carbons (Fsp3) is 0.278. The Bertz CT molecular complexity index is 830. The van der Waals surface area contributed by atoms with Gasteiger partial charge in [-0.25, -0.2) is 4.39 Å². The molecule has 0 aromatic heterocycles. The van der Waals surface area contributed by atoms with Gasteiger partial charge in [0.1, 0.15) is 5.82 Å². The minimum absolute atomic E-state index is 0. The molecule has 1 fully saturated rings. The van der Waals surface area contributed by atoms with Gasteiger partial charge in [0.05, 0.1) is 23.3 Å². The van der Waals surface area contributed by atoms with Crippen LogP contribution in [-0.4, -0.2) is 30.4 Å². The maximum Gasteiger partial charge on any atom is 0.242 e. The molecule has 132 valence electrons. The molecule has 0 radical (unpaired) electrons. The molecule has 1 unspecified atom stereocenters. The van der Waals surface area contributed by atoms with Crippen LogP contribution in [0, 0.1) is 5.82 Å². The van der Waals surface area contributed by atoms with E-state index in [1.807, 2.05) is 21.9 Å². The molecule has 7 heteroatoms. The predicted molar refractivity (Wildman–Crippen MR) is 100 cm³/mol. The van der Waals surface area contributed by atoms with E-state index in [4.69, 9.17) is 23.2 Å². The van der Waals surface area contributed by atoms with Crippen LogP contribution in [0.5, 0.6) is 0 Å².